The van der Waals surface area contributed by atoms with Gasteiger partial charge >= 0.3 is 0 Å². The summed E-state index contributed by atoms with van der Waals surface area (Å²) >= 11 is 0. The molecule has 84 valence electrons. The van der Waals surface area contributed by atoms with Crippen molar-refractivity contribution in [2.45, 2.75) is 63.9 Å². The van der Waals surface area contributed by atoms with Crippen molar-refractivity contribution in [3.63, 3.8) is 0 Å². The van der Waals surface area contributed by atoms with E-state index in [-0.39, 0.29) is 0 Å². The van der Waals surface area contributed by atoms with Crippen LogP contribution in [0.25, 0.3) is 0 Å². The first-order valence-corrected chi connectivity index (χ1v) is 6.32. The van der Waals surface area contributed by atoms with Crippen LogP contribution in [0.1, 0.15) is 58.3 Å². The van der Waals surface area contributed by atoms with E-state index in [2.05, 4.69) is 12.2 Å². The van der Waals surface area contributed by atoms with Gasteiger partial charge in [-0.25, -0.2) is 0 Å². The molecule has 0 saturated carbocycles. The maximum atomic E-state index is 10.6. The van der Waals surface area contributed by atoms with E-state index in [0.717, 1.165) is 25.7 Å². The van der Waals surface area contributed by atoms with Gasteiger partial charge in [-0.15, -0.1) is 0 Å². The van der Waals surface area contributed by atoms with Gasteiger partial charge in [-0.2, -0.15) is 0 Å². The van der Waals surface area contributed by atoms with Crippen molar-refractivity contribution in [2.75, 3.05) is 0 Å². The van der Waals surface area contributed by atoms with Crippen molar-refractivity contribution < 1.29 is 5.11 Å². The minimum atomic E-state index is -0.638. The van der Waals surface area contributed by atoms with Crippen molar-refractivity contribution in [1.82, 2.24) is 0 Å². The van der Waals surface area contributed by atoms with Crippen LogP contribution in [-0.4, -0.2) is 10.7 Å². The first kappa shape index (κ1) is 10.9. The highest BCUT2D eigenvalue weighted by Gasteiger charge is 2.30. The molecule has 2 rings (SSSR count). The van der Waals surface area contributed by atoms with Crippen LogP contribution in [0.15, 0.2) is 23.3 Å². The van der Waals surface area contributed by atoms with E-state index < -0.39 is 5.60 Å². The molecule has 1 N–H and O–H groups in total. The third-order valence-electron chi connectivity index (χ3n) is 3.83. The zero-order chi connectivity index (χ0) is 10.7. The summed E-state index contributed by atoms with van der Waals surface area (Å²) in [5, 5.41) is 10.6. The lowest BCUT2D eigenvalue weighted by Gasteiger charge is -2.33. The van der Waals surface area contributed by atoms with Gasteiger partial charge in [-0.3, -0.25) is 0 Å². The molecular formula is C14H22O. The van der Waals surface area contributed by atoms with E-state index in [1.54, 1.807) is 0 Å². The minimum absolute atomic E-state index is 0.638. The smallest absolute Gasteiger partial charge is 0.104 e. The van der Waals surface area contributed by atoms with Crippen molar-refractivity contribution in [1.29, 1.82) is 0 Å². The molecule has 0 heterocycles. The molecule has 15 heavy (non-hydrogen) atoms. The van der Waals surface area contributed by atoms with E-state index in [4.69, 9.17) is 0 Å². The molecule has 2 aliphatic rings. The number of hydrogen-bond acceptors (Lipinski definition) is 1. The standard InChI is InChI=1S/C14H22O/c1-14(15,12-8-4-2-5-9-12)13-10-6-3-7-11-13/h8,10,15H,2-7,9,11H2,1H3. The number of allylic oxidation sites excluding steroid dienone is 2. The first-order chi connectivity index (χ1) is 7.21. The summed E-state index contributed by atoms with van der Waals surface area (Å²) in [7, 11) is 0. The van der Waals surface area contributed by atoms with Crippen LogP contribution in [0.4, 0.5) is 0 Å². The molecule has 1 heteroatoms. The summed E-state index contributed by atoms with van der Waals surface area (Å²) in [5.41, 5.74) is 1.89. The predicted octanol–water partition coefficient (Wildman–Crippen LogP) is 3.74. The lowest BCUT2D eigenvalue weighted by atomic mass is 9.78. The molecule has 0 aromatic rings. The second kappa shape index (κ2) is 4.52. The number of rotatable bonds is 2. The van der Waals surface area contributed by atoms with E-state index in [0.29, 0.717) is 0 Å². The van der Waals surface area contributed by atoms with Crippen molar-refractivity contribution >= 4 is 0 Å². The highest BCUT2D eigenvalue weighted by atomic mass is 16.3. The van der Waals surface area contributed by atoms with E-state index >= 15 is 0 Å². The number of hydrogen-bond donors (Lipinski definition) is 1. The van der Waals surface area contributed by atoms with Gasteiger partial charge in [0.05, 0.1) is 0 Å². The van der Waals surface area contributed by atoms with Gasteiger partial charge in [-0.05, 0) is 69.4 Å². The Morgan fingerprint density at radius 3 is 1.73 bits per heavy atom. The van der Waals surface area contributed by atoms with Gasteiger partial charge in [0.15, 0.2) is 0 Å². The second-order valence-electron chi connectivity index (χ2n) is 5.02. The average molecular weight is 206 g/mol. The summed E-state index contributed by atoms with van der Waals surface area (Å²) in [6, 6.07) is 0. The first-order valence-electron chi connectivity index (χ1n) is 6.32. The third-order valence-corrected chi connectivity index (χ3v) is 3.83. The van der Waals surface area contributed by atoms with Gasteiger partial charge in [0, 0.05) is 0 Å². The van der Waals surface area contributed by atoms with Crippen LogP contribution >= 0.6 is 0 Å². The molecule has 0 unspecified atom stereocenters. The van der Waals surface area contributed by atoms with Gasteiger partial charge in [0.1, 0.15) is 5.60 Å². The maximum absolute atomic E-state index is 10.6. The van der Waals surface area contributed by atoms with Gasteiger partial charge < -0.3 is 5.11 Å². The van der Waals surface area contributed by atoms with Gasteiger partial charge in [-0.1, -0.05) is 12.2 Å². The van der Waals surface area contributed by atoms with Gasteiger partial charge in [0.25, 0.3) is 0 Å². The summed E-state index contributed by atoms with van der Waals surface area (Å²) in [6.45, 7) is 1.99. The van der Waals surface area contributed by atoms with E-state index in [9.17, 15) is 5.11 Å². The van der Waals surface area contributed by atoms with Crippen LogP contribution in [0.3, 0.4) is 0 Å². The van der Waals surface area contributed by atoms with Crippen molar-refractivity contribution in [3.05, 3.63) is 23.3 Å². The molecule has 0 aliphatic heterocycles. The van der Waals surface area contributed by atoms with Crippen LogP contribution < -0.4 is 0 Å². The zero-order valence-corrected chi connectivity index (χ0v) is 9.76. The molecule has 0 atom stereocenters. The molecule has 0 amide bonds. The molecule has 1 nitrogen and oxygen atoms in total. The number of aliphatic hydroxyl groups is 1. The third kappa shape index (κ3) is 2.34. The van der Waals surface area contributed by atoms with Crippen molar-refractivity contribution in [2.24, 2.45) is 0 Å². The molecule has 0 aromatic heterocycles. The average Bonchev–Trinajstić information content (AvgIpc) is 2.31. The van der Waals surface area contributed by atoms with Crippen LogP contribution in [0, 0.1) is 0 Å². The highest BCUT2D eigenvalue weighted by Crippen LogP contribution is 2.36. The summed E-state index contributed by atoms with van der Waals surface area (Å²) in [6.07, 6.45) is 14.1. The lowest BCUT2D eigenvalue weighted by Crippen LogP contribution is -2.31. The fourth-order valence-corrected chi connectivity index (χ4v) is 2.77. The molecule has 0 bridgehead atoms. The normalized spacial score (nSPS) is 23.3. The molecule has 2 aliphatic carbocycles. The Bertz CT molecular complexity index is 256. The highest BCUT2D eigenvalue weighted by molar-refractivity contribution is 5.32. The van der Waals surface area contributed by atoms with Gasteiger partial charge in [0.2, 0.25) is 0 Å². The maximum Gasteiger partial charge on any atom is 0.104 e. The predicted molar refractivity (Wildman–Crippen MR) is 63.7 cm³/mol. The topological polar surface area (TPSA) is 20.2 Å². The Morgan fingerprint density at radius 1 is 0.933 bits per heavy atom. The lowest BCUT2D eigenvalue weighted by molar-refractivity contribution is 0.125. The Labute approximate surface area is 92.9 Å². The Balaban J connectivity index is 2.16. The molecule has 0 spiro atoms. The quantitative estimate of drug-likeness (QED) is 0.682. The van der Waals surface area contributed by atoms with Crippen LogP contribution in [-0.2, 0) is 0 Å². The Kier molecular flexibility index (Phi) is 3.30. The monoisotopic (exact) mass is 206 g/mol. The molecule has 0 fully saturated rings. The van der Waals surface area contributed by atoms with E-state index in [1.807, 2.05) is 6.92 Å². The second-order valence-corrected chi connectivity index (χ2v) is 5.02. The fourth-order valence-electron chi connectivity index (χ4n) is 2.77. The summed E-state index contributed by atoms with van der Waals surface area (Å²) < 4.78 is 0. The summed E-state index contributed by atoms with van der Waals surface area (Å²) in [5.74, 6) is 0. The molecule has 0 aromatic carbocycles. The van der Waals surface area contributed by atoms with E-state index in [1.165, 1.54) is 36.8 Å². The SMILES string of the molecule is CC(O)(C1=CCCCC1)C1=CCCCC1. The zero-order valence-electron chi connectivity index (χ0n) is 9.76. The van der Waals surface area contributed by atoms with Crippen LogP contribution in [0.5, 0.6) is 0 Å². The largest absolute Gasteiger partial charge is 0.381 e. The minimum Gasteiger partial charge on any atom is -0.381 e. The Morgan fingerprint density at radius 2 is 1.40 bits per heavy atom. The Hall–Kier alpha value is -0.560. The van der Waals surface area contributed by atoms with Crippen LogP contribution in [0.2, 0.25) is 0 Å². The fraction of sp³-hybridized carbons (Fsp3) is 0.714. The van der Waals surface area contributed by atoms with Crippen molar-refractivity contribution in [3.8, 4) is 0 Å². The molecule has 0 radical (unpaired) electrons. The summed E-state index contributed by atoms with van der Waals surface area (Å²) in [4.78, 5) is 0. The molecular weight excluding hydrogens is 184 g/mol. The molecule has 0 saturated heterocycles.